The molecule has 124 valence electrons. The lowest BCUT2D eigenvalue weighted by Crippen LogP contribution is -2.53. The van der Waals surface area contributed by atoms with Gasteiger partial charge in [-0.05, 0) is 75.3 Å². The van der Waals surface area contributed by atoms with Crippen LogP contribution in [-0.2, 0) is 0 Å². The highest BCUT2D eigenvalue weighted by Crippen LogP contribution is 2.58. The van der Waals surface area contributed by atoms with Gasteiger partial charge in [-0.1, -0.05) is 13.3 Å². The Hall–Kier alpha value is -0.770. The predicted octanol–water partition coefficient (Wildman–Crippen LogP) is 2.59. The molecule has 0 aromatic carbocycles. The second-order valence-corrected chi connectivity index (χ2v) is 8.11. The molecule has 2 amide bonds. The van der Waals surface area contributed by atoms with E-state index in [9.17, 15) is 4.79 Å². The molecule has 1 heterocycles. The molecule has 22 heavy (non-hydrogen) atoms. The molecule has 4 nitrogen and oxygen atoms in total. The summed E-state index contributed by atoms with van der Waals surface area (Å²) in [7, 11) is 0. The summed E-state index contributed by atoms with van der Waals surface area (Å²) >= 11 is 0. The van der Waals surface area contributed by atoms with Gasteiger partial charge in [0.2, 0.25) is 0 Å². The average Bonchev–Trinajstić information content (AvgIpc) is 3.19. The highest BCUT2D eigenvalue weighted by atomic mass is 16.2. The normalized spacial score (nSPS) is 44.0. The van der Waals surface area contributed by atoms with Gasteiger partial charge in [-0.15, -0.1) is 0 Å². The van der Waals surface area contributed by atoms with Crippen LogP contribution in [0.3, 0.4) is 0 Å². The van der Waals surface area contributed by atoms with Gasteiger partial charge in [0.1, 0.15) is 0 Å². The minimum absolute atomic E-state index is 0.0926. The van der Waals surface area contributed by atoms with E-state index in [1.807, 2.05) is 0 Å². The first kappa shape index (κ1) is 14.8. The number of amides is 2. The van der Waals surface area contributed by atoms with Crippen LogP contribution in [0, 0.1) is 23.7 Å². The molecule has 0 unspecified atom stereocenters. The Morgan fingerprint density at radius 3 is 2.77 bits per heavy atom. The summed E-state index contributed by atoms with van der Waals surface area (Å²) in [5.41, 5.74) is 0. The van der Waals surface area contributed by atoms with Crippen LogP contribution in [0.1, 0.15) is 51.9 Å². The molecule has 1 saturated heterocycles. The molecular formula is C18H31N3O. The Kier molecular flexibility index (Phi) is 4.05. The van der Waals surface area contributed by atoms with Crippen molar-refractivity contribution in [1.29, 1.82) is 0 Å². The van der Waals surface area contributed by atoms with Crippen molar-refractivity contribution < 1.29 is 4.79 Å². The van der Waals surface area contributed by atoms with Crippen LogP contribution in [0.25, 0.3) is 0 Å². The van der Waals surface area contributed by atoms with Crippen LogP contribution in [0.15, 0.2) is 0 Å². The highest BCUT2D eigenvalue weighted by Gasteiger charge is 2.54. The molecule has 3 saturated carbocycles. The Labute approximate surface area is 134 Å². The minimum atomic E-state index is 0.0926. The van der Waals surface area contributed by atoms with Gasteiger partial charge < -0.3 is 15.5 Å². The number of likely N-dealkylation sites (N-methyl/N-ethyl adjacent to an activating group) is 1. The summed E-state index contributed by atoms with van der Waals surface area (Å²) in [5, 5.41) is 6.57. The first-order valence-electron chi connectivity index (χ1n) is 9.54. The largest absolute Gasteiger partial charge is 0.335 e. The van der Waals surface area contributed by atoms with E-state index in [1.165, 1.54) is 45.1 Å². The lowest BCUT2D eigenvalue weighted by atomic mass is 9.79. The summed E-state index contributed by atoms with van der Waals surface area (Å²) in [5.74, 6) is 3.62. The van der Waals surface area contributed by atoms with E-state index < -0.39 is 0 Å². The Morgan fingerprint density at radius 2 is 1.91 bits per heavy atom. The van der Waals surface area contributed by atoms with Gasteiger partial charge in [-0.25, -0.2) is 4.79 Å². The zero-order valence-corrected chi connectivity index (χ0v) is 13.9. The third-order valence-electron chi connectivity index (χ3n) is 7.03. The Balaban J connectivity index is 1.28. The number of hydrogen-bond acceptors (Lipinski definition) is 2. The molecule has 6 atom stereocenters. The average molecular weight is 305 g/mol. The summed E-state index contributed by atoms with van der Waals surface area (Å²) in [6.45, 7) is 5.50. The topological polar surface area (TPSA) is 44.4 Å². The molecule has 4 heteroatoms. The second-order valence-electron chi connectivity index (χ2n) is 8.11. The third-order valence-corrected chi connectivity index (χ3v) is 7.03. The summed E-state index contributed by atoms with van der Waals surface area (Å²) in [6.07, 6.45) is 9.26. The fourth-order valence-corrected chi connectivity index (χ4v) is 6.09. The van der Waals surface area contributed by atoms with Gasteiger partial charge in [0.15, 0.2) is 0 Å². The lowest BCUT2D eigenvalue weighted by Gasteiger charge is -2.34. The number of likely N-dealkylation sites (tertiary alicyclic amines) is 1. The van der Waals surface area contributed by atoms with Crippen LogP contribution in [0.5, 0.6) is 0 Å². The van der Waals surface area contributed by atoms with Gasteiger partial charge in [-0.3, -0.25) is 0 Å². The number of fused-ring (bicyclic) bond motifs is 5. The molecule has 1 aliphatic heterocycles. The van der Waals surface area contributed by atoms with Crippen molar-refractivity contribution in [3.63, 3.8) is 0 Å². The Bertz CT molecular complexity index is 427. The maximum absolute atomic E-state index is 12.4. The van der Waals surface area contributed by atoms with E-state index in [-0.39, 0.29) is 6.03 Å². The van der Waals surface area contributed by atoms with E-state index in [0.29, 0.717) is 12.1 Å². The van der Waals surface area contributed by atoms with E-state index in [4.69, 9.17) is 0 Å². The van der Waals surface area contributed by atoms with Crippen LogP contribution in [0.2, 0.25) is 0 Å². The monoisotopic (exact) mass is 305 g/mol. The molecule has 0 radical (unpaired) electrons. The number of hydrogen-bond donors (Lipinski definition) is 2. The zero-order chi connectivity index (χ0) is 15.1. The maximum Gasteiger partial charge on any atom is 0.315 e. The number of carbonyl (C=O) groups is 1. The highest BCUT2D eigenvalue weighted by molar-refractivity contribution is 5.74. The fourth-order valence-electron chi connectivity index (χ4n) is 6.09. The van der Waals surface area contributed by atoms with Crippen molar-refractivity contribution in [2.24, 2.45) is 23.7 Å². The van der Waals surface area contributed by atoms with Gasteiger partial charge >= 0.3 is 6.03 Å². The van der Waals surface area contributed by atoms with Crippen molar-refractivity contribution in [3.8, 4) is 0 Å². The van der Waals surface area contributed by atoms with E-state index >= 15 is 0 Å². The zero-order valence-electron chi connectivity index (χ0n) is 13.9. The van der Waals surface area contributed by atoms with Crippen molar-refractivity contribution in [3.05, 3.63) is 0 Å². The fraction of sp³-hybridized carbons (Fsp3) is 0.944. The number of nitrogens with one attached hydrogen (secondary N) is 2. The van der Waals surface area contributed by atoms with Gasteiger partial charge in [0.25, 0.3) is 0 Å². The van der Waals surface area contributed by atoms with Crippen molar-refractivity contribution in [1.82, 2.24) is 15.5 Å². The quantitative estimate of drug-likeness (QED) is 0.842. The first-order chi connectivity index (χ1) is 10.7. The smallest absolute Gasteiger partial charge is 0.315 e. The van der Waals surface area contributed by atoms with Crippen molar-refractivity contribution >= 4 is 6.03 Å². The van der Waals surface area contributed by atoms with Gasteiger partial charge in [-0.2, -0.15) is 0 Å². The molecular weight excluding hydrogens is 274 g/mol. The Morgan fingerprint density at radius 1 is 1.05 bits per heavy atom. The molecule has 4 aliphatic rings. The van der Waals surface area contributed by atoms with Crippen LogP contribution in [-0.4, -0.2) is 42.6 Å². The van der Waals surface area contributed by atoms with Crippen LogP contribution >= 0.6 is 0 Å². The molecule has 3 aliphatic carbocycles. The molecule has 2 N–H and O–H groups in total. The molecule has 4 rings (SSSR count). The van der Waals surface area contributed by atoms with E-state index in [2.05, 4.69) is 22.5 Å². The predicted molar refractivity (Wildman–Crippen MR) is 87.6 cm³/mol. The number of carbonyl (C=O) groups excluding carboxylic acids is 1. The number of nitrogens with zero attached hydrogens (tertiary/aromatic N) is 1. The van der Waals surface area contributed by atoms with Crippen molar-refractivity contribution in [2.45, 2.75) is 64.0 Å². The van der Waals surface area contributed by atoms with Gasteiger partial charge in [0, 0.05) is 18.6 Å². The third kappa shape index (κ3) is 2.64. The molecule has 0 aromatic heterocycles. The van der Waals surface area contributed by atoms with Crippen molar-refractivity contribution in [2.75, 3.05) is 19.6 Å². The maximum atomic E-state index is 12.4. The number of piperidine rings is 1. The molecule has 0 spiro atoms. The van der Waals surface area contributed by atoms with Gasteiger partial charge in [0.05, 0.1) is 0 Å². The number of urea groups is 1. The van der Waals surface area contributed by atoms with E-state index in [0.717, 1.165) is 43.2 Å². The summed E-state index contributed by atoms with van der Waals surface area (Å²) in [6, 6.07) is 0.886. The van der Waals surface area contributed by atoms with Crippen LogP contribution in [0.4, 0.5) is 4.79 Å². The molecule has 2 bridgehead atoms. The molecule has 0 aromatic rings. The summed E-state index contributed by atoms with van der Waals surface area (Å²) in [4.78, 5) is 14.8. The van der Waals surface area contributed by atoms with E-state index in [1.54, 1.807) is 0 Å². The van der Waals surface area contributed by atoms with Crippen LogP contribution < -0.4 is 10.6 Å². The second kappa shape index (κ2) is 6.03. The first-order valence-corrected chi connectivity index (χ1v) is 9.54. The summed E-state index contributed by atoms with van der Waals surface area (Å²) < 4.78 is 0. The standard InChI is InChI=1S/C18H31N3O/c1-2-21-8-4-5-13(11-21)19-18(22)20-17-10-12-9-16(17)15-7-3-6-14(12)15/h12-17H,2-11H2,1H3,(H2,19,20,22)/t12-,13+,14+,15-,16+,17-/m1/s1. The minimum Gasteiger partial charge on any atom is -0.335 e. The lowest BCUT2D eigenvalue weighted by molar-refractivity contribution is 0.179. The number of rotatable bonds is 3. The SMILES string of the molecule is CCN1CCC[C@H](NC(=O)N[C@@H]2C[C@H]3C[C@H]2[C@@H]2CCC[C@@H]32)C1. The molecule has 4 fully saturated rings.